The number of nitrogens with zero attached hydrogens (tertiary/aromatic N) is 3. The zero-order valence-corrected chi connectivity index (χ0v) is 18.1. The van der Waals surface area contributed by atoms with E-state index in [4.69, 9.17) is 4.98 Å². The van der Waals surface area contributed by atoms with E-state index < -0.39 is 0 Å². The zero-order valence-electron chi connectivity index (χ0n) is 17.3. The number of nitrogens with one attached hydrogen (secondary N) is 1. The van der Waals surface area contributed by atoms with Gasteiger partial charge in [0.25, 0.3) is 5.56 Å². The number of likely N-dealkylation sites (tertiary alicyclic amines) is 1. The van der Waals surface area contributed by atoms with E-state index in [1.165, 1.54) is 16.8 Å². The summed E-state index contributed by atoms with van der Waals surface area (Å²) < 4.78 is 16.6. The van der Waals surface area contributed by atoms with Crippen molar-refractivity contribution in [2.24, 2.45) is 0 Å². The molecule has 0 bridgehead atoms. The topological polar surface area (TPSA) is 50.2 Å². The van der Waals surface area contributed by atoms with Gasteiger partial charge in [-0.15, -0.1) is 11.3 Å². The lowest BCUT2D eigenvalue weighted by Gasteiger charge is -2.32. The molecular formula is C24H25FN4OS. The Hall–Kier alpha value is -2.61. The standard InChI is InChI=1S/C24H25FN4OS/c25-18-7-5-17-6-8-24(30)29(21(17)15-18)14-13-28-11-9-19(10-12-28)26-16-23-27-20-3-1-2-4-22(20)31-23/h1-8,15,19,26H,9-14,16H2. The van der Waals surface area contributed by atoms with Gasteiger partial charge in [-0.05, 0) is 67.7 Å². The van der Waals surface area contributed by atoms with Gasteiger partial charge in [0.15, 0.2) is 0 Å². The highest BCUT2D eigenvalue weighted by molar-refractivity contribution is 7.18. The van der Waals surface area contributed by atoms with Crippen molar-refractivity contribution in [3.8, 4) is 0 Å². The molecule has 1 N–H and O–H groups in total. The number of para-hydroxylation sites is 1. The van der Waals surface area contributed by atoms with E-state index in [1.807, 2.05) is 6.07 Å². The number of fused-ring (bicyclic) bond motifs is 2. The quantitative estimate of drug-likeness (QED) is 0.496. The summed E-state index contributed by atoms with van der Waals surface area (Å²) in [5.41, 5.74) is 1.66. The minimum atomic E-state index is -0.313. The summed E-state index contributed by atoms with van der Waals surface area (Å²) in [5, 5.41) is 5.68. The van der Waals surface area contributed by atoms with Crippen molar-refractivity contribution in [1.29, 1.82) is 0 Å². The number of thiazole rings is 1. The molecule has 0 atom stereocenters. The molecule has 1 aliphatic heterocycles. The molecule has 2 aromatic heterocycles. The molecular weight excluding hydrogens is 411 g/mol. The summed E-state index contributed by atoms with van der Waals surface area (Å²) >= 11 is 1.75. The van der Waals surface area contributed by atoms with Crippen LogP contribution < -0.4 is 10.9 Å². The van der Waals surface area contributed by atoms with Gasteiger partial charge in [0.2, 0.25) is 0 Å². The van der Waals surface area contributed by atoms with Crippen LogP contribution >= 0.6 is 11.3 Å². The molecule has 1 fully saturated rings. The van der Waals surface area contributed by atoms with Crippen LogP contribution in [0.2, 0.25) is 0 Å². The Bertz CT molecular complexity index is 1230. The number of aromatic nitrogens is 2. The van der Waals surface area contributed by atoms with Crippen LogP contribution in [0.4, 0.5) is 4.39 Å². The van der Waals surface area contributed by atoms with Crippen molar-refractivity contribution in [3.05, 3.63) is 75.8 Å². The smallest absolute Gasteiger partial charge is 0.251 e. The van der Waals surface area contributed by atoms with Gasteiger partial charge in [-0.2, -0.15) is 0 Å². The van der Waals surface area contributed by atoms with E-state index in [0.29, 0.717) is 18.1 Å². The first-order valence-corrected chi connectivity index (χ1v) is 11.6. The molecule has 0 saturated carbocycles. The van der Waals surface area contributed by atoms with Gasteiger partial charge >= 0.3 is 0 Å². The second-order valence-electron chi connectivity index (χ2n) is 8.10. The van der Waals surface area contributed by atoms with Gasteiger partial charge in [-0.25, -0.2) is 9.37 Å². The average Bonchev–Trinajstić information content (AvgIpc) is 3.21. The lowest BCUT2D eigenvalue weighted by Crippen LogP contribution is -2.43. The summed E-state index contributed by atoms with van der Waals surface area (Å²) in [6.07, 6.45) is 2.15. The van der Waals surface area contributed by atoms with E-state index in [2.05, 4.69) is 28.4 Å². The highest BCUT2D eigenvalue weighted by Gasteiger charge is 2.19. The Labute approximate surface area is 184 Å². The van der Waals surface area contributed by atoms with Gasteiger partial charge < -0.3 is 14.8 Å². The number of pyridine rings is 1. The van der Waals surface area contributed by atoms with E-state index >= 15 is 0 Å². The second-order valence-corrected chi connectivity index (χ2v) is 9.21. The minimum Gasteiger partial charge on any atom is -0.308 e. The van der Waals surface area contributed by atoms with Gasteiger partial charge in [0.05, 0.1) is 15.7 Å². The normalized spacial score (nSPS) is 15.8. The molecule has 0 amide bonds. The van der Waals surface area contributed by atoms with Crippen LogP contribution in [0.15, 0.2) is 59.4 Å². The third kappa shape index (κ3) is 4.54. The number of halogens is 1. The van der Waals surface area contributed by atoms with Gasteiger partial charge in [0.1, 0.15) is 10.8 Å². The molecule has 2 aromatic carbocycles. The Morgan fingerprint density at radius 3 is 2.71 bits per heavy atom. The van der Waals surface area contributed by atoms with Gasteiger partial charge in [-0.1, -0.05) is 12.1 Å². The molecule has 5 rings (SSSR count). The van der Waals surface area contributed by atoms with Crippen molar-refractivity contribution in [3.63, 3.8) is 0 Å². The van der Waals surface area contributed by atoms with E-state index in [9.17, 15) is 9.18 Å². The van der Waals surface area contributed by atoms with Crippen LogP contribution in [0.25, 0.3) is 21.1 Å². The number of hydrogen-bond donors (Lipinski definition) is 1. The maximum atomic E-state index is 13.7. The molecule has 0 radical (unpaired) electrons. The number of rotatable bonds is 6. The molecule has 31 heavy (non-hydrogen) atoms. The van der Waals surface area contributed by atoms with Crippen LogP contribution in [-0.4, -0.2) is 40.1 Å². The molecule has 0 aliphatic carbocycles. The van der Waals surface area contributed by atoms with Gasteiger partial charge in [0, 0.05) is 31.7 Å². The Balaban J connectivity index is 1.14. The molecule has 160 valence electrons. The molecule has 0 spiro atoms. The maximum Gasteiger partial charge on any atom is 0.251 e. The number of piperidine rings is 1. The van der Waals surface area contributed by atoms with Crippen molar-refractivity contribution >= 4 is 32.5 Å². The molecule has 1 aliphatic rings. The van der Waals surface area contributed by atoms with Crippen molar-refractivity contribution < 1.29 is 4.39 Å². The van der Waals surface area contributed by atoms with Crippen molar-refractivity contribution in [1.82, 2.24) is 19.8 Å². The average molecular weight is 437 g/mol. The number of hydrogen-bond acceptors (Lipinski definition) is 5. The molecule has 4 aromatic rings. The van der Waals surface area contributed by atoms with Crippen molar-refractivity contribution in [2.45, 2.75) is 32.0 Å². The molecule has 7 heteroatoms. The van der Waals surface area contributed by atoms with Crippen molar-refractivity contribution in [2.75, 3.05) is 19.6 Å². The maximum absolute atomic E-state index is 13.7. The fourth-order valence-electron chi connectivity index (χ4n) is 4.32. The molecule has 0 unspecified atom stereocenters. The molecule has 5 nitrogen and oxygen atoms in total. The molecule has 1 saturated heterocycles. The first kappa shape index (κ1) is 20.3. The number of benzene rings is 2. The predicted octanol–water partition coefficient (Wildman–Crippen LogP) is 4.00. The SMILES string of the molecule is O=c1ccc2ccc(F)cc2n1CCN1CCC(NCc2nc3ccccc3s2)CC1. The van der Waals surface area contributed by atoms with Crippen LogP contribution in [0.5, 0.6) is 0 Å². The fourth-order valence-corrected chi connectivity index (χ4v) is 5.24. The monoisotopic (exact) mass is 436 g/mol. The van der Waals surface area contributed by atoms with E-state index in [-0.39, 0.29) is 11.4 Å². The summed E-state index contributed by atoms with van der Waals surface area (Å²) in [5.74, 6) is -0.313. The summed E-state index contributed by atoms with van der Waals surface area (Å²) in [4.78, 5) is 19.5. The fraction of sp³-hybridized carbons (Fsp3) is 0.333. The van der Waals surface area contributed by atoms with E-state index in [1.54, 1.807) is 34.1 Å². The van der Waals surface area contributed by atoms with Crippen LogP contribution in [-0.2, 0) is 13.1 Å². The van der Waals surface area contributed by atoms with Crippen LogP contribution in [0.1, 0.15) is 17.8 Å². The second kappa shape index (κ2) is 8.86. The lowest BCUT2D eigenvalue weighted by molar-refractivity contribution is 0.191. The van der Waals surface area contributed by atoms with E-state index in [0.717, 1.165) is 54.9 Å². The van der Waals surface area contributed by atoms with Crippen LogP contribution in [0.3, 0.4) is 0 Å². The Kier molecular flexibility index (Phi) is 5.80. The predicted molar refractivity (Wildman–Crippen MR) is 124 cm³/mol. The summed E-state index contributed by atoms with van der Waals surface area (Å²) in [6, 6.07) is 16.7. The lowest BCUT2D eigenvalue weighted by atomic mass is 10.1. The third-order valence-corrected chi connectivity index (χ3v) is 7.10. The highest BCUT2D eigenvalue weighted by Crippen LogP contribution is 2.22. The minimum absolute atomic E-state index is 0.0783. The molecule has 3 heterocycles. The first-order chi connectivity index (χ1) is 15.2. The third-order valence-electron chi connectivity index (χ3n) is 6.06. The largest absolute Gasteiger partial charge is 0.308 e. The summed E-state index contributed by atoms with van der Waals surface area (Å²) in [7, 11) is 0. The van der Waals surface area contributed by atoms with Gasteiger partial charge in [-0.3, -0.25) is 4.79 Å². The van der Waals surface area contributed by atoms with Crippen LogP contribution in [0, 0.1) is 5.82 Å². The Morgan fingerprint density at radius 1 is 1.06 bits per heavy atom. The highest BCUT2D eigenvalue weighted by atomic mass is 32.1. The Morgan fingerprint density at radius 2 is 1.87 bits per heavy atom. The first-order valence-electron chi connectivity index (χ1n) is 10.7. The zero-order chi connectivity index (χ0) is 21.2. The summed E-state index contributed by atoms with van der Waals surface area (Å²) in [6.45, 7) is 4.15.